The zero-order valence-electron chi connectivity index (χ0n) is 15.6. The molecule has 0 saturated carbocycles. The standard InChI is InChI=1S/C22H16N2O6/c25-20(15-8-4-9-16(12-15)24(28)29)18-19(14-6-2-1-3-7-14)23(22(27)21(18)26)13-17-10-5-11-30-17/h1-12,19,25H,13H2/b20-18+/t19-/m0/s1. The molecule has 2 aromatic carbocycles. The van der Waals surface area contributed by atoms with Crippen LogP contribution in [-0.2, 0) is 16.1 Å². The summed E-state index contributed by atoms with van der Waals surface area (Å²) < 4.78 is 5.33. The minimum Gasteiger partial charge on any atom is -0.507 e. The summed E-state index contributed by atoms with van der Waals surface area (Å²) in [5.41, 5.74) is 0.342. The lowest BCUT2D eigenvalue weighted by atomic mass is 9.95. The SMILES string of the molecule is O=C1C(=O)N(Cc2ccco2)[C@@H](c2ccccc2)/C1=C(\O)c1cccc([N+](=O)[O-])c1. The van der Waals surface area contributed by atoms with Crippen molar-refractivity contribution < 1.29 is 24.0 Å². The monoisotopic (exact) mass is 404 g/mol. The quantitative estimate of drug-likeness (QED) is 0.227. The van der Waals surface area contributed by atoms with Gasteiger partial charge < -0.3 is 14.4 Å². The third-order valence-electron chi connectivity index (χ3n) is 4.89. The Morgan fingerprint density at radius 3 is 2.50 bits per heavy atom. The topological polar surface area (TPSA) is 114 Å². The highest BCUT2D eigenvalue weighted by molar-refractivity contribution is 6.46. The summed E-state index contributed by atoms with van der Waals surface area (Å²) in [7, 11) is 0. The predicted molar refractivity (Wildman–Crippen MR) is 106 cm³/mol. The van der Waals surface area contributed by atoms with E-state index in [-0.39, 0.29) is 23.4 Å². The van der Waals surface area contributed by atoms with Crippen molar-refractivity contribution in [1.82, 2.24) is 4.90 Å². The maximum atomic E-state index is 12.9. The van der Waals surface area contributed by atoms with Crippen molar-refractivity contribution in [3.05, 3.63) is 106 Å². The number of ketones is 1. The van der Waals surface area contributed by atoms with Crippen LogP contribution in [0.3, 0.4) is 0 Å². The third kappa shape index (κ3) is 3.35. The average molecular weight is 404 g/mol. The Kier molecular flexibility index (Phi) is 4.89. The van der Waals surface area contributed by atoms with Gasteiger partial charge in [0.05, 0.1) is 29.3 Å². The molecule has 1 saturated heterocycles. The molecule has 30 heavy (non-hydrogen) atoms. The number of carbonyl (C=O) groups excluding carboxylic acids is 2. The van der Waals surface area contributed by atoms with Crippen LogP contribution in [-0.4, -0.2) is 26.6 Å². The Morgan fingerprint density at radius 2 is 1.83 bits per heavy atom. The molecule has 0 aliphatic carbocycles. The Balaban J connectivity index is 1.87. The number of Topliss-reactive ketones (excluding diaryl/α,β-unsaturated/α-hetero) is 1. The number of furan rings is 1. The average Bonchev–Trinajstić information content (AvgIpc) is 3.36. The lowest BCUT2D eigenvalue weighted by Gasteiger charge is -2.24. The number of aliphatic hydroxyl groups is 1. The van der Waals surface area contributed by atoms with E-state index in [1.807, 2.05) is 0 Å². The van der Waals surface area contributed by atoms with Crippen molar-refractivity contribution in [3.8, 4) is 0 Å². The van der Waals surface area contributed by atoms with E-state index in [0.29, 0.717) is 11.3 Å². The Bertz CT molecular complexity index is 1150. The van der Waals surface area contributed by atoms with Gasteiger partial charge in [-0.1, -0.05) is 42.5 Å². The van der Waals surface area contributed by atoms with E-state index in [1.165, 1.54) is 29.4 Å². The number of aliphatic hydroxyl groups excluding tert-OH is 1. The number of benzene rings is 2. The van der Waals surface area contributed by atoms with Crippen molar-refractivity contribution in [2.45, 2.75) is 12.6 Å². The summed E-state index contributed by atoms with van der Waals surface area (Å²) in [6.45, 7) is 0.0306. The van der Waals surface area contributed by atoms with Crippen LogP contribution in [0.15, 0.2) is 83.0 Å². The maximum Gasteiger partial charge on any atom is 0.296 e. The molecule has 0 unspecified atom stereocenters. The fourth-order valence-corrected chi connectivity index (χ4v) is 3.52. The highest BCUT2D eigenvalue weighted by atomic mass is 16.6. The number of nitrogens with zero attached hydrogens (tertiary/aromatic N) is 2. The minimum atomic E-state index is -0.865. The second-order valence-corrected chi connectivity index (χ2v) is 6.72. The number of nitro benzene ring substituents is 1. The van der Waals surface area contributed by atoms with Crippen LogP contribution >= 0.6 is 0 Å². The number of carbonyl (C=O) groups is 2. The van der Waals surface area contributed by atoms with Gasteiger partial charge in [0.1, 0.15) is 11.5 Å². The molecule has 8 heteroatoms. The van der Waals surface area contributed by atoms with E-state index in [0.717, 1.165) is 6.07 Å². The largest absolute Gasteiger partial charge is 0.507 e. The maximum absolute atomic E-state index is 12.9. The molecule has 150 valence electrons. The molecule has 1 fully saturated rings. The lowest BCUT2D eigenvalue weighted by Crippen LogP contribution is -2.29. The number of non-ortho nitro benzene ring substituents is 1. The second-order valence-electron chi connectivity index (χ2n) is 6.72. The first-order valence-electron chi connectivity index (χ1n) is 9.08. The fourth-order valence-electron chi connectivity index (χ4n) is 3.52. The van der Waals surface area contributed by atoms with Crippen LogP contribution in [0.4, 0.5) is 5.69 Å². The highest BCUT2D eigenvalue weighted by Crippen LogP contribution is 2.40. The first-order valence-corrected chi connectivity index (χ1v) is 9.08. The van der Waals surface area contributed by atoms with Gasteiger partial charge in [0.15, 0.2) is 0 Å². The highest BCUT2D eigenvalue weighted by Gasteiger charge is 2.46. The van der Waals surface area contributed by atoms with Crippen LogP contribution in [0.5, 0.6) is 0 Å². The molecular formula is C22H16N2O6. The molecule has 0 spiro atoms. The van der Waals surface area contributed by atoms with Crippen LogP contribution in [0, 0.1) is 10.1 Å². The Labute approximate surface area is 170 Å². The van der Waals surface area contributed by atoms with E-state index < -0.39 is 28.4 Å². The number of amides is 1. The number of likely N-dealkylation sites (tertiary alicyclic amines) is 1. The van der Waals surface area contributed by atoms with Crippen molar-refractivity contribution in [2.75, 3.05) is 0 Å². The summed E-state index contributed by atoms with van der Waals surface area (Å²) in [4.78, 5) is 37.5. The van der Waals surface area contributed by atoms with Gasteiger partial charge in [0.2, 0.25) is 0 Å². The number of hydrogen-bond donors (Lipinski definition) is 1. The number of rotatable bonds is 5. The van der Waals surface area contributed by atoms with Crippen LogP contribution in [0.1, 0.15) is 22.9 Å². The van der Waals surface area contributed by atoms with Gasteiger partial charge in [-0.25, -0.2) is 0 Å². The van der Waals surface area contributed by atoms with Crippen LogP contribution in [0.25, 0.3) is 5.76 Å². The van der Waals surface area contributed by atoms with E-state index in [2.05, 4.69) is 0 Å². The molecule has 1 aliphatic rings. The molecule has 8 nitrogen and oxygen atoms in total. The predicted octanol–water partition coefficient (Wildman–Crippen LogP) is 3.81. The van der Waals surface area contributed by atoms with Crippen molar-refractivity contribution in [2.24, 2.45) is 0 Å². The molecule has 1 aliphatic heterocycles. The molecule has 4 rings (SSSR count). The molecule has 1 atom stereocenters. The zero-order valence-corrected chi connectivity index (χ0v) is 15.6. The molecule has 3 aromatic rings. The molecular weight excluding hydrogens is 388 g/mol. The molecule has 1 amide bonds. The Hall–Kier alpha value is -4.20. The van der Waals surface area contributed by atoms with E-state index >= 15 is 0 Å². The van der Waals surface area contributed by atoms with E-state index in [1.54, 1.807) is 42.5 Å². The van der Waals surface area contributed by atoms with E-state index in [4.69, 9.17) is 4.42 Å². The van der Waals surface area contributed by atoms with Gasteiger partial charge in [0.25, 0.3) is 17.4 Å². The van der Waals surface area contributed by atoms with Gasteiger partial charge in [-0.3, -0.25) is 19.7 Å². The first kappa shape index (κ1) is 19.1. The summed E-state index contributed by atoms with van der Waals surface area (Å²) in [6.07, 6.45) is 1.46. The molecule has 2 heterocycles. The van der Waals surface area contributed by atoms with Crippen molar-refractivity contribution in [1.29, 1.82) is 0 Å². The smallest absolute Gasteiger partial charge is 0.296 e. The number of nitro groups is 1. The zero-order chi connectivity index (χ0) is 21.3. The summed E-state index contributed by atoms with van der Waals surface area (Å²) >= 11 is 0. The van der Waals surface area contributed by atoms with Crippen molar-refractivity contribution in [3.63, 3.8) is 0 Å². The summed E-state index contributed by atoms with van der Waals surface area (Å²) in [5.74, 6) is -1.63. The Morgan fingerprint density at radius 1 is 1.07 bits per heavy atom. The van der Waals surface area contributed by atoms with Gasteiger partial charge in [-0.05, 0) is 17.7 Å². The normalized spacial score (nSPS) is 18.0. The van der Waals surface area contributed by atoms with Crippen molar-refractivity contribution >= 4 is 23.1 Å². The molecule has 0 radical (unpaired) electrons. The minimum absolute atomic E-state index is 0.0306. The second kappa shape index (κ2) is 7.67. The van der Waals surface area contributed by atoms with E-state index in [9.17, 15) is 24.8 Å². The molecule has 1 aromatic heterocycles. The molecule has 1 N–H and O–H groups in total. The lowest BCUT2D eigenvalue weighted by molar-refractivity contribution is -0.384. The molecule has 0 bridgehead atoms. The fraction of sp³-hybridized carbons (Fsp3) is 0.0909. The van der Waals surface area contributed by atoms with Gasteiger partial charge in [-0.2, -0.15) is 0 Å². The van der Waals surface area contributed by atoms with Crippen LogP contribution < -0.4 is 0 Å². The number of hydrogen-bond acceptors (Lipinski definition) is 6. The first-order chi connectivity index (χ1) is 14.5. The van der Waals surface area contributed by atoms with Gasteiger partial charge >= 0.3 is 0 Å². The summed E-state index contributed by atoms with van der Waals surface area (Å²) in [6, 6.07) is 16.6. The third-order valence-corrected chi connectivity index (χ3v) is 4.89. The summed E-state index contributed by atoms with van der Waals surface area (Å²) in [5, 5.41) is 22.0. The van der Waals surface area contributed by atoms with Gasteiger partial charge in [0, 0.05) is 17.7 Å². The van der Waals surface area contributed by atoms with Crippen LogP contribution in [0.2, 0.25) is 0 Å². The van der Waals surface area contributed by atoms with Gasteiger partial charge in [-0.15, -0.1) is 0 Å².